The average Bonchev–Trinajstić information content (AvgIpc) is 2.38. The van der Waals surface area contributed by atoms with E-state index >= 15 is 0 Å². The van der Waals surface area contributed by atoms with Gasteiger partial charge in [0.15, 0.2) is 14.1 Å². The average molecular weight is 287 g/mol. The molecule has 0 spiro atoms. The number of nitrogens with zero attached hydrogens (tertiary/aromatic N) is 1. The Labute approximate surface area is 113 Å². The predicted molar refractivity (Wildman–Crippen MR) is 73.5 cm³/mol. The van der Waals surface area contributed by atoms with E-state index in [0.29, 0.717) is 19.4 Å². The Kier molecular flexibility index (Phi) is 6.70. The summed E-state index contributed by atoms with van der Waals surface area (Å²) in [6.07, 6.45) is 0.589. The molecule has 19 heavy (non-hydrogen) atoms. The number of nitro benzene ring substituents is 1. The van der Waals surface area contributed by atoms with Crippen molar-refractivity contribution in [1.29, 1.82) is 0 Å². The minimum Gasteiger partial charge on any atom is -0.490 e. The highest BCUT2D eigenvalue weighted by Crippen LogP contribution is 2.43. The molecule has 0 bridgehead atoms. The van der Waals surface area contributed by atoms with Gasteiger partial charge >= 0.3 is 5.69 Å². The van der Waals surface area contributed by atoms with Gasteiger partial charge < -0.3 is 13.8 Å². The molecule has 1 aromatic carbocycles. The summed E-state index contributed by atoms with van der Waals surface area (Å²) in [6.45, 7) is 4.97. The third-order valence-electron chi connectivity index (χ3n) is 2.30. The summed E-state index contributed by atoms with van der Waals surface area (Å²) in [7, 11) is 0.412. The van der Waals surface area contributed by atoms with Crippen LogP contribution in [-0.2, 0) is 15.2 Å². The van der Waals surface area contributed by atoms with Crippen molar-refractivity contribution in [2.45, 2.75) is 20.0 Å². The van der Waals surface area contributed by atoms with E-state index in [1.54, 1.807) is 12.1 Å². The van der Waals surface area contributed by atoms with Crippen LogP contribution in [0.3, 0.4) is 0 Å². The SMILES string of the molecule is CCOP(Cc1ccc([N+](=O)[O-])c(OC)c1)OCC. The molecule has 1 aromatic rings. The Morgan fingerprint density at radius 1 is 1.26 bits per heavy atom. The number of methoxy groups -OCH3 is 1. The molecule has 106 valence electrons. The van der Waals surface area contributed by atoms with Crippen LogP contribution in [0.5, 0.6) is 5.75 Å². The number of hydrogen-bond acceptors (Lipinski definition) is 5. The van der Waals surface area contributed by atoms with E-state index in [4.69, 9.17) is 13.8 Å². The Morgan fingerprint density at radius 2 is 1.89 bits per heavy atom. The van der Waals surface area contributed by atoms with Gasteiger partial charge in [0.25, 0.3) is 0 Å². The van der Waals surface area contributed by atoms with Crippen LogP contribution in [0.4, 0.5) is 5.69 Å². The zero-order chi connectivity index (χ0) is 14.3. The molecule has 0 aliphatic carbocycles. The predicted octanol–water partition coefficient (Wildman–Crippen LogP) is 3.49. The van der Waals surface area contributed by atoms with Crippen molar-refractivity contribution in [1.82, 2.24) is 0 Å². The summed E-state index contributed by atoms with van der Waals surface area (Å²) in [5.74, 6) is 0.255. The van der Waals surface area contributed by atoms with Crippen molar-refractivity contribution >= 4 is 14.1 Å². The summed E-state index contributed by atoms with van der Waals surface area (Å²) in [6, 6.07) is 4.80. The van der Waals surface area contributed by atoms with Crippen LogP contribution in [0.15, 0.2) is 18.2 Å². The molecule has 6 nitrogen and oxygen atoms in total. The molecule has 0 fully saturated rings. The first-order valence-corrected chi connectivity index (χ1v) is 7.33. The monoisotopic (exact) mass is 287 g/mol. The first-order chi connectivity index (χ1) is 9.12. The van der Waals surface area contributed by atoms with E-state index in [2.05, 4.69) is 0 Å². The third-order valence-corrected chi connectivity index (χ3v) is 4.01. The highest BCUT2D eigenvalue weighted by atomic mass is 31.2. The van der Waals surface area contributed by atoms with E-state index in [1.807, 2.05) is 13.8 Å². The Balaban J connectivity index is 2.86. The molecular weight excluding hydrogens is 269 g/mol. The zero-order valence-corrected chi connectivity index (χ0v) is 12.2. The Hall–Kier alpha value is -1.23. The van der Waals surface area contributed by atoms with Crippen LogP contribution in [-0.4, -0.2) is 25.2 Å². The second-order valence-electron chi connectivity index (χ2n) is 3.59. The Bertz CT molecular complexity index is 421. The topological polar surface area (TPSA) is 70.8 Å². The lowest BCUT2D eigenvalue weighted by molar-refractivity contribution is -0.385. The molecule has 0 radical (unpaired) electrons. The fourth-order valence-corrected chi connectivity index (χ4v) is 2.86. The molecule has 0 aromatic heterocycles. The van der Waals surface area contributed by atoms with Crippen LogP contribution in [0, 0.1) is 10.1 Å². The van der Waals surface area contributed by atoms with E-state index in [-0.39, 0.29) is 11.4 Å². The van der Waals surface area contributed by atoms with Gasteiger partial charge in [-0.2, -0.15) is 0 Å². The largest absolute Gasteiger partial charge is 0.490 e. The summed E-state index contributed by atoms with van der Waals surface area (Å²) in [5.41, 5.74) is 0.860. The van der Waals surface area contributed by atoms with Crippen LogP contribution in [0.1, 0.15) is 19.4 Å². The normalized spacial score (nSPS) is 10.7. The van der Waals surface area contributed by atoms with Gasteiger partial charge in [-0.3, -0.25) is 10.1 Å². The Morgan fingerprint density at radius 3 is 2.37 bits per heavy atom. The standard InChI is InChI=1S/C12H18NO5P/c1-4-17-19(18-5-2)9-10-6-7-11(13(14)15)12(8-10)16-3/h6-8H,4-5,9H2,1-3H3. The number of hydrogen-bond donors (Lipinski definition) is 0. The zero-order valence-electron chi connectivity index (χ0n) is 11.3. The third kappa shape index (κ3) is 4.74. The van der Waals surface area contributed by atoms with Crippen molar-refractivity contribution in [2.75, 3.05) is 20.3 Å². The quantitative estimate of drug-likeness (QED) is 0.416. The summed E-state index contributed by atoms with van der Waals surface area (Å²) < 4.78 is 16.0. The van der Waals surface area contributed by atoms with Gasteiger partial charge in [0.1, 0.15) is 0 Å². The molecule has 0 saturated carbocycles. The van der Waals surface area contributed by atoms with Crippen LogP contribution < -0.4 is 4.74 Å². The molecule has 0 atom stereocenters. The van der Waals surface area contributed by atoms with E-state index in [9.17, 15) is 10.1 Å². The minimum absolute atomic E-state index is 0.0385. The smallest absolute Gasteiger partial charge is 0.310 e. The lowest BCUT2D eigenvalue weighted by Gasteiger charge is -2.15. The molecule has 0 heterocycles. The van der Waals surface area contributed by atoms with Crippen molar-refractivity contribution in [3.63, 3.8) is 0 Å². The highest BCUT2D eigenvalue weighted by molar-refractivity contribution is 7.46. The van der Waals surface area contributed by atoms with Gasteiger partial charge in [0, 0.05) is 12.2 Å². The van der Waals surface area contributed by atoms with Gasteiger partial charge in [0.2, 0.25) is 0 Å². The second kappa shape index (κ2) is 8.04. The van der Waals surface area contributed by atoms with Gasteiger partial charge in [-0.05, 0) is 25.5 Å². The maximum Gasteiger partial charge on any atom is 0.310 e. The molecule has 7 heteroatoms. The number of ether oxygens (including phenoxy) is 1. The van der Waals surface area contributed by atoms with Gasteiger partial charge in [-0.25, -0.2) is 0 Å². The highest BCUT2D eigenvalue weighted by Gasteiger charge is 2.17. The van der Waals surface area contributed by atoms with E-state index < -0.39 is 13.3 Å². The number of nitro groups is 1. The van der Waals surface area contributed by atoms with Gasteiger partial charge in [0.05, 0.1) is 25.2 Å². The van der Waals surface area contributed by atoms with Crippen molar-refractivity contribution < 1.29 is 18.7 Å². The second-order valence-corrected chi connectivity index (χ2v) is 5.09. The molecule has 0 N–H and O–H groups in total. The lowest BCUT2D eigenvalue weighted by Crippen LogP contribution is -1.97. The van der Waals surface area contributed by atoms with Crippen LogP contribution >= 0.6 is 8.38 Å². The molecule has 0 amide bonds. The van der Waals surface area contributed by atoms with Crippen LogP contribution in [0.2, 0.25) is 0 Å². The molecule has 0 aliphatic heterocycles. The fourth-order valence-electron chi connectivity index (χ4n) is 1.54. The first-order valence-electron chi connectivity index (χ1n) is 5.97. The van der Waals surface area contributed by atoms with Gasteiger partial charge in [-0.1, -0.05) is 6.07 Å². The summed E-state index contributed by atoms with van der Waals surface area (Å²) in [4.78, 5) is 10.3. The maximum atomic E-state index is 10.8. The minimum atomic E-state index is -1.00. The summed E-state index contributed by atoms with van der Waals surface area (Å²) in [5, 5.41) is 10.8. The number of rotatable bonds is 8. The lowest BCUT2D eigenvalue weighted by atomic mass is 10.2. The van der Waals surface area contributed by atoms with Crippen LogP contribution in [0.25, 0.3) is 0 Å². The fraction of sp³-hybridized carbons (Fsp3) is 0.500. The van der Waals surface area contributed by atoms with Crippen molar-refractivity contribution in [3.05, 3.63) is 33.9 Å². The van der Waals surface area contributed by atoms with E-state index in [1.165, 1.54) is 13.2 Å². The van der Waals surface area contributed by atoms with E-state index in [0.717, 1.165) is 5.56 Å². The molecule has 0 saturated heterocycles. The van der Waals surface area contributed by atoms with Gasteiger partial charge in [-0.15, -0.1) is 0 Å². The number of benzene rings is 1. The first kappa shape index (κ1) is 15.8. The summed E-state index contributed by atoms with van der Waals surface area (Å²) >= 11 is 0. The molecule has 1 rings (SSSR count). The maximum absolute atomic E-state index is 10.8. The van der Waals surface area contributed by atoms with Crippen molar-refractivity contribution in [3.8, 4) is 5.75 Å². The van der Waals surface area contributed by atoms with Crippen molar-refractivity contribution in [2.24, 2.45) is 0 Å². The molecule has 0 aliphatic rings. The molecule has 0 unspecified atom stereocenters. The molecular formula is C12H18NO5P.